The van der Waals surface area contributed by atoms with Gasteiger partial charge in [0.05, 0.1) is 0 Å². The molecule has 1 amide bonds. The summed E-state index contributed by atoms with van der Waals surface area (Å²) >= 11 is 0. The van der Waals surface area contributed by atoms with Gasteiger partial charge >= 0.3 is 0 Å². The summed E-state index contributed by atoms with van der Waals surface area (Å²) in [6.07, 6.45) is 0. The van der Waals surface area contributed by atoms with Crippen LogP contribution in [0.4, 0.5) is 0 Å². The summed E-state index contributed by atoms with van der Waals surface area (Å²) in [5.41, 5.74) is 0.686. The number of rotatable bonds is 1. The van der Waals surface area contributed by atoms with Crippen LogP contribution in [0.2, 0.25) is 0 Å². The van der Waals surface area contributed by atoms with E-state index in [9.17, 15) is 9.59 Å². The summed E-state index contributed by atoms with van der Waals surface area (Å²) in [7, 11) is 0. The third-order valence-electron chi connectivity index (χ3n) is 2.94. The van der Waals surface area contributed by atoms with E-state index in [1.54, 1.807) is 24.0 Å². The first kappa shape index (κ1) is 14.7. The van der Waals surface area contributed by atoms with Gasteiger partial charge < -0.3 is 15.2 Å². The standard InChI is InChI=1S/C12H17N3O2.ClH/c1-8-3-4-10(11(16)14-8)12(17)15-6-5-13-9(2)7-15;/h3-4,9,13H,5-7H2,1-2H3,(H,14,16);1H/t9-;/m1./s1. The third-order valence-corrected chi connectivity index (χ3v) is 2.94. The van der Waals surface area contributed by atoms with Gasteiger partial charge in [-0.05, 0) is 26.0 Å². The number of pyridine rings is 1. The number of aromatic nitrogens is 1. The molecule has 1 atom stereocenters. The van der Waals surface area contributed by atoms with E-state index in [1.807, 2.05) is 6.92 Å². The Morgan fingerprint density at radius 1 is 1.44 bits per heavy atom. The Morgan fingerprint density at radius 2 is 2.17 bits per heavy atom. The number of amides is 1. The molecule has 1 aliphatic rings. The number of hydrogen-bond donors (Lipinski definition) is 2. The zero-order valence-corrected chi connectivity index (χ0v) is 11.3. The second kappa shape index (κ2) is 6.02. The second-order valence-corrected chi connectivity index (χ2v) is 4.49. The number of hydrogen-bond acceptors (Lipinski definition) is 3. The minimum Gasteiger partial charge on any atom is -0.336 e. The second-order valence-electron chi connectivity index (χ2n) is 4.49. The molecular weight excluding hydrogens is 254 g/mol. The Labute approximate surface area is 112 Å². The quantitative estimate of drug-likeness (QED) is 0.784. The minimum absolute atomic E-state index is 0. The molecule has 2 heterocycles. The van der Waals surface area contributed by atoms with Gasteiger partial charge in [-0.1, -0.05) is 0 Å². The summed E-state index contributed by atoms with van der Waals surface area (Å²) in [6.45, 7) is 5.89. The first-order valence-corrected chi connectivity index (χ1v) is 5.80. The van der Waals surface area contributed by atoms with Crippen molar-refractivity contribution in [2.45, 2.75) is 19.9 Å². The smallest absolute Gasteiger partial charge is 0.260 e. The van der Waals surface area contributed by atoms with Crippen LogP contribution in [0, 0.1) is 6.92 Å². The number of aromatic amines is 1. The van der Waals surface area contributed by atoms with E-state index in [4.69, 9.17) is 0 Å². The normalized spacial score (nSPS) is 19.2. The molecule has 1 fully saturated rings. The fourth-order valence-electron chi connectivity index (χ4n) is 2.03. The first-order valence-electron chi connectivity index (χ1n) is 5.80. The highest BCUT2D eigenvalue weighted by molar-refractivity contribution is 5.93. The minimum atomic E-state index is -0.304. The predicted octanol–water partition coefficient (Wildman–Crippen LogP) is 0.539. The van der Waals surface area contributed by atoms with E-state index in [0.717, 1.165) is 12.2 Å². The summed E-state index contributed by atoms with van der Waals surface area (Å²) in [5, 5.41) is 3.26. The van der Waals surface area contributed by atoms with Crippen LogP contribution in [0.1, 0.15) is 23.0 Å². The lowest BCUT2D eigenvalue weighted by atomic mass is 10.2. The van der Waals surface area contributed by atoms with Crippen molar-refractivity contribution >= 4 is 18.3 Å². The van der Waals surface area contributed by atoms with Gasteiger partial charge in [0.25, 0.3) is 11.5 Å². The molecular formula is C12H18ClN3O2. The molecule has 2 rings (SSSR count). The van der Waals surface area contributed by atoms with Gasteiger partial charge in [-0.2, -0.15) is 0 Å². The van der Waals surface area contributed by atoms with Gasteiger partial charge in [0, 0.05) is 31.4 Å². The van der Waals surface area contributed by atoms with Gasteiger partial charge in [0.2, 0.25) is 0 Å². The summed E-state index contributed by atoms with van der Waals surface area (Å²) < 4.78 is 0. The zero-order valence-electron chi connectivity index (χ0n) is 10.5. The number of carbonyl (C=O) groups is 1. The molecule has 0 unspecified atom stereocenters. The molecule has 2 N–H and O–H groups in total. The average Bonchev–Trinajstić information content (AvgIpc) is 2.28. The van der Waals surface area contributed by atoms with E-state index in [-0.39, 0.29) is 35.5 Å². The average molecular weight is 272 g/mol. The van der Waals surface area contributed by atoms with E-state index in [0.29, 0.717) is 13.1 Å². The van der Waals surface area contributed by atoms with Crippen molar-refractivity contribution in [1.29, 1.82) is 0 Å². The highest BCUT2D eigenvalue weighted by atomic mass is 35.5. The monoisotopic (exact) mass is 271 g/mol. The lowest BCUT2D eigenvalue weighted by molar-refractivity contribution is 0.0707. The van der Waals surface area contributed by atoms with Gasteiger partial charge in [-0.15, -0.1) is 12.4 Å². The van der Waals surface area contributed by atoms with Crippen LogP contribution in [0.5, 0.6) is 0 Å². The van der Waals surface area contributed by atoms with Gasteiger partial charge in [0.15, 0.2) is 0 Å². The molecule has 5 nitrogen and oxygen atoms in total. The van der Waals surface area contributed by atoms with E-state index in [1.165, 1.54) is 0 Å². The molecule has 0 saturated carbocycles. The maximum Gasteiger partial charge on any atom is 0.260 e. The largest absolute Gasteiger partial charge is 0.336 e. The topological polar surface area (TPSA) is 65.2 Å². The molecule has 1 aromatic rings. The number of nitrogens with zero attached hydrogens (tertiary/aromatic N) is 1. The van der Waals surface area contributed by atoms with E-state index < -0.39 is 0 Å². The number of carbonyl (C=O) groups excluding carboxylic acids is 1. The van der Waals surface area contributed by atoms with Crippen LogP contribution in [0.3, 0.4) is 0 Å². The molecule has 1 aromatic heterocycles. The van der Waals surface area contributed by atoms with Crippen molar-refractivity contribution in [1.82, 2.24) is 15.2 Å². The summed E-state index contributed by atoms with van der Waals surface area (Å²) in [6, 6.07) is 3.63. The number of H-pyrrole nitrogens is 1. The maximum absolute atomic E-state index is 12.2. The van der Waals surface area contributed by atoms with E-state index >= 15 is 0 Å². The molecule has 0 aliphatic carbocycles. The Bertz CT molecular complexity index is 486. The number of nitrogens with one attached hydrogen (secondary N) is 2. The van der Waals surface area contributed by atoms with Crippen LogP contribution in [-0.4, -0.2) is 41.5 Å². The first-order chi connectivity index (χ1) is 8.08. The molecule has 0 radical (unpaired) electrons. The lowest BCUT2D eigenvalue weighted by Gasteiger charge is -2.31. The highest BCUT2D eigenvalue weighted by Crippen LogP contribution is 2.04. The molecule has 6 heteroatoms. The third kappa shape index (κ3) is 3.11. The number of halogens is 1. The predicted molar refractivity (Wildman–Crippen MR) is 72.4 cm³/mol. The molecule has 0 bridgehead atoms. The van der Waals surface area contributed by atoms with Crippen LogP contribution >= 0.6 is 12.4 Å². The maximum atomic E-state index is 12.2. The van der Waals surface area contributed by atoms with Crippen LogP contribution < -0.4 is 10.9 Å². The fraction of sp³-hybridized carbons (Fsp3) is 0.500. The van der Waals surface area contributed by atoms with Gasteiger partial charge in [-0.3, -0.25) is 9.59 Å². The molecule has 100 valence electrons. The van der Waals surface area contributed by atoms with Crippen LogP contribution in [0.25, 0.3) is 0 Å². The van der Waals surface area contributed by atoms with E-state index in [2.05, 4.69) is 10.3 Å². The molecule has 1 saturated heterocycles. The van der Waals surface area contributed by atoms with Crippen molar-refractivity contribution in [2.75, 3.05) is 19.6 Å². The molecule has 1 aliphatic heterocycles. The van der Waals surface area contributed by atoms with Crippen LogP contribution in [0.15, 0.2) is 16.9 Å². The fourth-order valence-corrected chi connectivity index (χ4v) is 2.03. The van der Waals surface area contributed by atoms with Crippen LogP contribution in [-0.2, 0) is 0 Å². The summed E-state index contributed by atoms with van der Waals surface area (Å²) in [4.78, 5) is 28.2. The van der Waals surface area contributed by atoms with Gasteiger partial charge in [-0.25, -0.2) is 0 Å². The van der Waals surface area contributed by atoms with Crippen molar-refractivity contribution in [3.05, 3.63) is 33.7 Å². The van der Waals surface area contributed by atoms with Crippen molar-refractivity contribution in [3.8, 4) is 0 Å². The Morgan fingerprint density at radius 3 is 2.78 bits per heavy atom. The summed E-state index contributed by atoms with van der Waals surface area (Å²) in [5.74, 6) is -0.181. The number of piperazine rings is 1. The van der Waals surface area contributed by atoms with Crippen molar-refractivity contribution < 1.29 is 4.79 Å². The molecule has 0 spiro atoms. The van der Waals surface area contributed by atoms with Crippen molar-refractivity contribution in [3.63, 3.8) is 0 Å². The Balaban J connectivity index is 0.00000162. The van der Waals surface area contributed by atoms with Crippen molar-refractivity contribution in [2.24, 2.45) is 0 Å². The highest BCUT2D eigenvalue weighted by Gasteiger charge is 2.23. The molecule has 18 heavy (non-hydrogen) atoms. The van der Waals surface area contributed by atoms with Gasteiger partial charge in [0.1, 0.15) is 5.56 Å². The SMILES string of the molecule is Cc1ccc(C(=O)N2CCN[C@H](C)C2)c(=O)[nH]1.Cl. The zero-order chi connectivity index (χ0) is 12.4. The number of aryl methyl sites for hydroxylation is 1. The Kier molecular flexibility index (Phi) is 4.93. The lowest BCUT2D eigenvalue weighted by Crippen LogP contribution is -2.52. The molecule has 0 aromatic carbocycles. The Hall–Kier alpha value is -1.33.